The van der Waals surface area contributed by atoms with Crippen molar-refractivity contribution in [3.8, 4) is 0 Å². The van der Waals surface area contributed by atoms with Crippen LogP contribution in [0.15, 0.2) is 0 Å². The summed E-state index contributed by atoms with van der Waals surface area (Å²) in [6.07, 6.45) is 0. The van der Waals surface area contributed by atoms with Crippen molar-refractivity contribution in [1.29, 1.82) is 0 Å². The van der Waals surface area contributed by atoms with Crippen LogP contribution in [0.4, 0.5) is 0 Å². The highest BCUT2D eigenvalue weighted by atomic mass is 16.5. The Kier molecular flexibility index (Phi) is 5.98. The standard InChI is InChI=1S/C10H20N2O4/c1-7(14)12-8(9(15)16-4)5-11-10(2,3)6-13/h8,11,13H,5-6H2,1-4H3,(H,12,14). The lowest BCUT2D eigenvalue weighted by Gasteiger charge is -2.26. The number of ether oxygens (including phenoxy) is 1. The van der Waals surface area contributed by atoms with E-state index in [1.165, 1.54) is 14.0 Å². The summed E-state index contributed by atoms with van der Waals surface area (Å²) in [4.78, 5) is 22.2. The second-order valence-electron chi connectivity index (χ2n) is 4.20. The van der Waals surface area contributed by atoms with Crippen molar-refractivity contribution in [2.75, 3.05) is 20.3 Å². The van der Waals surface area contributed by atoms with Gasteiger partial charge in [-0.2, -0.15) is 0 Å². The molecule has 0 bridgehead atoms. The zero-order chi connectivity index (χ0) is 12.8. The first-order valence-corrected chi connectivity index (χ1v) is 5.03. The molecule has 0 radical (unpaired) electrons. The van der Waals surface area contributed by atoms with Gasteiger partial charge in [-0.25, -0.2) is 4.79 Å². The molecule has 1 atom stereocenters. The van der Waals surface area contributed by atoms with Crippen LogP contribution in [-0.4, -0.2) is 48.8 Å². The van der Waals surface area contributed by atoms with Gasteiger partial charge < -0.3 is 20.5 Å². The molecule has 1 unspecified atom stereocenters. The molecule has 0 heterocycles. The molecule has 0 saturated carbocycles. The summed E-state index contributed by atoms with van der Waals surface area (Å²) >= 11 is 0. The van der Waals surface area contributed by atoms with Crippen LogP contribution in [0.25, 0.3) is 0 Å². The second kappa shape index (κ2) is 6.44. The maximum absolute atomic E-state index is 11.3. The van der Waals surface area contributed by atoms with Gasteiger partial charge in [0.25, 0.3) is 0 Å². The van der Waals surface area contributed by atoms with Crippen LogP contribution in [0, 0.1) is 0 Å². The molecular formula is C10H20N2O4. The third-order valence-corrected chi connectivity index (χ3v) is 2.04. The first-order chi connectivity index (χ1) is 7.32. The van der Waals surface area contributed by atoms with Gasteiger partial charge in [0.2, 0.25) is 5.91 Å². The van der Waals surface area contributed by atoms with Gasteiger partial charge in [-0.1, -0.05) is 0 Å². The maximum Gasteiger partial charge on any atom is 0.329 e. The van der Waals surface area contributed by atoms with E-state index in [0.29, 0.717) is 0 Å². The van der Waals surface area contributed by atoms with Crippen molar-refractivity contribution in [3.63, 3.8) is 0 Å². The molecule has 1 amide bonds. The fraction of sp³-hybridized carbons (Fsp3) is 0.800. The van der Waals surface area contributed by atoms with Gasteiger partial charge >= 0.3 is 5.97 Å². The van der Waals surface area contributed by atoms with E-state index in [-0.39, 0.29) is 19.1 Å². The molecule has 0 fully saturated rings. The number of hydrogen-bond acceptors (Lipinski definition) is 5. The van der Waals surface area contributed by atoms with E-state index in [1.54, 1.807) is 13.8 Å². The molecule has 16 heavy (non-hydrogen) atoms. The fourth-order valence-corrected chi connectivity index (χ4v) is 1.02. The Morgan fingerprint density at radius 2 is 2.00 bits per heavy atom. The number of carbonyl (C=O) groups excluding carboxylic acids is 2. The van der Waals surface area contributed by atoms with Crippen LogP contribution in [0.5, 0.6) is 0 Å². The molecule has 6 nitrogen and oxygen atoms in total. The minimum absolute atomic E-state index is 0.0685. The normalized spacial score (nSPS) is 13.1. The minimum atomic E-state index is -0.742. The van der Waals surface area contributed by atoms with E-state index in [4.69, 9.17) is 5.11 Å². The van der Waals surface area contributed by atoms with E-state index in [1.807, 2.05) is 0 Å². The van der Waals surface area contributed by atoms with Gasteiger partial charge in [-0.3, -0.25) is 4.79 Å². The molecule has 0 saturated heterocycles. The summed E-state index contributed by atoms with van der Waals surface area (Å²) in [5.41, 5.74) is -0.509. The van der Waals surface area contributed by atoms with E-state index in [0.717, 1.165) is 0 Å². The number of methoxy groups -OCH3 is 1. The average molecular weight is 232 g/mol. The van der Waals surface area contributed by atoms with Gasteiger partial charge in [0.05, 0.1) is 13.7 Å². The molecule has 0 aromatic heterocycles. The van der Waals surface area contributed by atoms with E-state index < -0.39 is 17.6 Å². The van der Waals surface area contributed by atoms with Crippen molar-refractivity contribution in [2.45, 2.75) is 32.4 Å². The first kappa shape index (κ1) is 14.9. The van der Waals surface area contributed by atoms with Crippen LogP contribution >= 0.6 is 0 Å². The molecule has 94 valence electrons. The highest BCUT2D eigenvalue weighted by Crippen LogP contribution is 2.00. The largest absolute Gasteiger partial charge is 0.467 e. The van der Waals surface area contributed by atoms with Crippen molar-refractivity contribution in [1.82, 2.24) is 10.6 Å². The Bertz CT molecular complexity index is 253. The van der Waals surface area contributed by atoms with Gasteiger partial charge in [0, 0.05) is 19.0 Å². The van der Waals surface area contributed by atoms with Gasteiger partial charge in [-0.05, 0) is 13.8 Å². The lowest BCUT2D eigenvalue weighted by Crippen LogP contribution is -2.53. The highest BCUT2D eigenvalue weighted by Gasteiger charge is 2.23. The van der Waals surface area contributed by atoms with Crippen molar-refractivity contribution in [3.05, 3.63) is 0 Å². The quantitative estimate of drug-likeness (QED) is 0.513. The summed E-state index contributed by atoms with van der Waals surface area (Å²) in [5.74, 6) is -0.824. The zero-order valence-electron chi connectivity index (χ0n) is 10.2. The van der Waals surface area contributed by atoms with Crippen molar-refractivity contribution in [2.24, 2.45) is 0 Å². The Hall–Kier alpha value is -1.14. The first-order valence-electron chi connectivity index (χ1n) is 5.03. The fourth-order valence-electron chi connectivity index (χ4n) is 1.02. The molecule has 0 aliphatic heterocycles. The van der Waals surface area contributed by atoms with Crippen molar-refractivity contribution < 1.29 is 19.4 Å². The number of esters is 1. The number of aliphatic hydroxyl groups is 1. The van der Waals surface area contributed by atoms with Gasteiger partial charge in [0.1, 0.15) is 6.04 Å². The Balaban J connectivity index is 4.32. The van der Waals surface area contributed by atoms with E-state index in [2.05, 4.69) is 15.4 Å². The smallest absolute Gasteiger partial charge is 0.329 e. The SMILES string of the molecule is COC(=O)C(CNC(C)(C)CO)NC(C)=O. The third kappa shape index (κ3) is 5.67. The second-order valence-corrected chi connectivity index (χ2v) is 4.20. The maximum atomic E-state index is 11.3. The van der Waals surface area contributed by atoms with Crippen LogP contribution in [0.2, 0.25) is 0 Å². The lowest BCUT2D eigenvalue weighted by atomic mass is 10.1. The Morgan fingerprint density at radius 1 is 1.44 bits per heavy atom. The number of nitrogens with one attached hydrogen (secondary N) is 2. The summed E-state index contributed by atoms with van der Waals surface area (Å²) in [6, 6.07) is -0.742. The Labute approximate surface area is 95.4 Å². The number of carbonyl (C=O) groups is 2. The summed E-state index contributed by atoms with van der Waals surface area (Å²) in [7, 11) is 1.26. The average Bonchev–Trinajstić information content (AvgIpc) is 2.22. The van der Waals surface area contributed by atoms with Gasteiger partial charge in [-0.15, -0.1) is 0 Å². The topological polar surface area (TPSA) is 87.7 Å². The molecule has 0 spiro atoms. The van der Waals surface area contributed by atoms with Crippen LogP contribution < -0.4 is 10.6 Å². The molecular weight excluding hydrogens is 212 g/mol. The zero-order valence-corrected chi connectivity index (χ0v) is 10.2. The van der Waals surface area contributed by atoms with Crippen LogP contribution in [0.1, 0.15) is 20.8 Å². The van der Waals surface area contributed by atoms with Crippen LogP contribution in [-0.2, 0) is 14.3 Å². The number of amides is 1. The molecule has 0 aliphatic carbocycles. The molecule has 0 aromatic rings. The minimum Gasteiger partial charge on any atom is -0.467 e. The molecule has 0 aliphatic rings. The molecule has 0 aromatic carbocycles. The van der Waals surface area contributed by atoms with Crippen molar-refractivity contribution >= 4 is 11.9 Å². The molecule has 3 N–H and O–H groups in total. The van der Waals surface area contributed by atoms with E-state index >= 15 is 0 Å². The predicted octanol–water partition coefficient (Wildman–Crippen LogP) is -0.975. The molecule has 0 rings (SSSR count). The number of rotatable bonds is 6. The summed E-state index contributed by atoms with van der Waals surface area (Å²) < 4.78 is 4.56. The summed E-state index contributed by atoms with van der Waals surface area (Å²) in [5, 5.41) is 14.5. The number of aliphatic hydroxyl groups excluding tert-OH is 1. The lowest BCUT2D eigenvalue weighted by molar-refractivity contribution is -0.144. The molecule has 6 heteroatoms. The highest BCUT2D eigenvalue weighted by molar-refractivity contribution is 5.83. The van der Waals surface area contributed by atoms with E-state index in [9.17, 15) is 9.59 Å². The van der Waals surface area contributed by atoms with Gasteiger partial charge in [0.15, 0.2) is 0 Å². The number of hydrogen-bond donors (Lipinski definition) is 3. The monoisotopic (exact) mass is 232 g/mol. The summed E-state index contributed by atoms with van der Waals surface area (Å²) in [6.45, 7) is 5.04. The third-order valence-electron chi connectivity index (χ3n) is 2.04. The Morgan fingerprint density at radius 3 is 2.38 bits per heavy atom. The van der Waals surface area contributed by atoms with Crippen LogP contribution in [0.3, 0.4) is 0 Å². The predicted molar refractivity (Wildman–Crippen MR) is 58.8 cm³/mol.